The average Bonchev–Trinajstić information content (AvgIpc) is 2.78. The molecule has 4 rings (SSSR count). The smallest absolute Gasteiger partial charge is 0.229 e. The number of aryl methyl sites for hydroxylation is 1. The van der Waals surface area contributed by atoms with Crippen LogP contribution in [-0.2, 0) is 6.42 Å². The Morgan fingerprint density at radius 2 is 1.67 bits per heavy atom. The SMILES string of the molecule is Cc1cccc(Nc2nc(-c3ccccc3)cc(N(C)CCc3ccncc3)n2)c1. The molecule has 0 saturated carbocycles. The third-order valence-corrected chi connectivity index (χ3v) is 4.93. The Hall–Kier alpha value is -3.73. The van der Waals surface area contributed by atoms with E-state index in [1.807, 2.05) is 60.9 Å². The average molecular weight is 396 g/mol. The molecule has 5 nitrogen and oxygen atoms in total. The van der Waals surface area contributed by atoms with Crippen LogP contribution in [0.1, 0.15) is 11.1 Å². The lowest BCUT2D eigenvalue weighted by Crippen LogP contribution is -2.22. The summed E-state index contributed by atoms with van der Waals surface area (Å²) in [6.07, 6.45) is 4.58. The van der Waals surface area contributed by atoms with Gasteiger partial charge in [0.2, 0.25) is 5.95 Å². The van der Waals surface area contributed by atoms with Gasteiger partial charge in [0.15, 0.2) is 0 Å². The summed E-state index contributed by atoms with van der Waals surface area (Å²) in [5.74, 6) is 1.47. The molecule has 150 valence electrons. The number of rotatable bonds is 7. The predicted octanol–water partition coefficient (Wildman–Crippen LogP) is 5.27. The summed E-state index contributed by atoms with van der Waals surface area (Å²) < 4.78 is 0. The Morgan fingerprint density at radius 1 is 0.867 bits per heavy atom. The van der Waals surface area contributed by atoms with Crippen LogP contribution < -0.4 is 10.2 Å². The van der Waals surface area contributed by atoms with Crippen LogP contribution in [0.25, 0.3) is 11.3 Å². The molecule has 0 fully saturated rings. The highest BCUT2D eigenvalue weighted by Gasteiger charge is 2.11. The quantitative estimate of drug-likeness (QED) is 0.462. The predicted molar refractivity (Wildman–Crippen MR) is 123 cm³/mol. The molecule has 5 heteroatoms. The first kappa shape index (κ1) is 19.6. The molecule has 0 atom stereocenters. The third kappa shape index (κ3) is 5.00. The maximum absolute atomic E-state index is 4.79. The summed E-state index contributed by atoms with van der Waals surface area (Å²) in [5.41, 5.74) is 5.38. The molecule has 0 aliphatic carbocycles. The number of likely N-dealkylation sites (N-methyl/N-ethyl adjacent to an activating group) is 1. The molecule has 0 unspecified atom stereocenters. The minimum absolute atomic E-state index is 0.590. The number of benzene rings is 2. The Balaban J connectivity index is 1.62. The van der Waals surface area contributed by atoms with Gasteiger partial charge in [0.1, 0.15) is 5.82 Å². The van der Waals surface area contributed by atoms with E-state index in [4.69, 9.17) is 9.97 Å². The lowest BCUT2D eigenvalue weighted by atomic mass is 10.1. The van der Waals surface area contributed by atoms with E-state index in [1.165, 1.54) is 11.1 Å². The fraction of sp³-hybridized carbons (Fsp3) is 0.160. The summed E-state index contributed by atoms with van der Waals surface area (Å²) in [6.45, 7) is 2.92. The summed E-state index contributed by atoms with van der Waals surface area (Å²) in [6, 6.07) is 24.6. The Labute approximate surface area is 177 Å². The van der Waals surface area contributed by atoms with Crippen LogP contribution in [0, 0.1) is 6.92 Å². The minimum atomic E-state index is 0.590. The van der Waals surface area contributed by atoms with Crippen molar-refractivity contribution in [1.29, 1.82) is 0 Å². The zero-order chi connectivity index (χ0) is 20.8. The van der Waals surface area contributed by atoms with E-state index >= 15 is 0 Å². The van der Waals surface area contributed by atoms with E-state index < -0.39 is 0 Å². The first-order valence-electron chi connectivity index (χ1n) is 10.1. The topological polar surface area (TPSA) is 53.9 Å². The van der Waals surface area contributed by atoms with E-state index in [0.29, 0.717) is 5.95 Å². The molecule has 0 amide bonds. The largest absolute Gasteiger partial charge is 0.359 e. The number of nitrogens with one attached hydrogen (secondary N) is 1. The van der Waals surface area contributed by atoms with Gasteiger partial charge in [-0.25, -0.2) is 4.98 Å². The molecule has 0 radical (unpaired) electrons. The molecule has 4 aromatic rings. The van der Waals surface area contributed by atoms with Crippen LogP contribution in [0.15, 0.2) is 85.2 Å². The van der Waals surface area contributed by atoms with Gasteiger partial charge in [-0.05, 0) is 48.7 Å². The highest BCUT2D eigenvalue weighted by Crippen LogP contribution is 2.25. The minimum Gasteiger partial charge on any atom is -0.359 e. The normalized spacial score (nSPS) is 10.6. The first-order valence-corrected chi connectivity index (χ1v) is 10.1. The van der Waals surface area contributed by atoms with E-state index in [1.54, 1.807) is 0 Å². The Morgan fingerprint density at radius 3 is 2.43 bits per heavy atom. The zero-order valence-electron chi connectivity index (χ0n) is 17.3. The van der Waals surface area contributed by atoms with Crippen molar-refractivity contribution in [1.82, 2.24) is 15.0 Å². The van der Waals surface area contributed by atoms with Gasteiger partial charge in [0.05, 0.1) is 5.69 Å². The molecule has 0 aliphatic heterocycles. The van der Waals surface area contributed by atoms with Gasteiger partial charge in [-0.15, -0.1) is 0 Å². The molecular formula is C25H25N5. The molecule has 0 spiro atoms. The summed E-state index contributed by atoms with van der Waals surface area (Å²) >= 11 is 0. The highest BCUT2D eigenvalue weighted by atomic mass is 15.2. The lowest BCUT2D eigenvalue weighted by molar-refractivity contribution is 0.856. The summed E-state index contributed by atoms with van der Waals surface area (Å²) in [5, 5.41) is 3.37. The number of hydrogen-bond acceptors (Lipinski definition) is 5. The van der Waals surface area contributed by atoms with Gasteiger partial charge >= 0.3 is 0 Å². The van der Waals surface area contributed by atoms with Crippen LogP contribution >= 0.6 is 0 Å². The fourth-order valence-corrected chi connectivity index (χ4v) is 3.26. The van der Waals surface area contributed by atoms with E-state index in [2.05, 4.69) is 53.4 Å². The van der Waals surface area contributed by atoms with Gasteiger partial charge in [-0.3, -0.25) is 4.98 Å². The number of hydrogen-bond donors (Lipinski definition) is 1. The molecular weight excluding hydrogens is 370 g/mol. The van der Waals surface area contributed by atoms with Crippen molar-refractivity contribution in [2.24, 2.45) is 0 Å². The first-order chi connectivity index (χ1) is 14.7. The number of anilines is 3. The van der Waals surface area contributed by atoms with E-state index in [-0.39, 0.29) is 0 Å². The number of aromatic nitrogens is 3. The molecule has 30 heavy (non-hydrogen) atoms. The second kappa shape index (κ2) is 9.18. The van der Waals surface area contributed by atoms with Crippen molar-refractivity contribution in [2.75, 3.05) is 23.8 Å². The summed E-state index contributed by atoms with van der Waals surface area (Å²) in [4.78, 5) is 15.8. The fourth-order valence-electron chi connectivity index (χ4n) is 3.26. The molecule has 1 N–H and O–H groups in total. The van der Waals surface area contributed by atoms with E-state index in [0.717, 1.165) is 35.7 Å². The lowest BCUT2D eigenvalue weighted by Gasteiger charge is -2.20. The number of nitrogens with zero attached hydrogens (tertiary/aromatic N) is 4. The van der Waals surface area contributed by atoms with Crippen molar-refractivity contribution in [3.63, 3.8) is 0 Å². The number of pyridine rings is 1. The van der Waals surface area contributed by atoms with Gasteiger partial charge < -0.3 is 10.2 Å². The Bertz CT molecular complexity index is 1100. The van der Waals surface area contributed by atoms with Crippen molar-refractivity contribution >= 4 is 17.5 Å². The van der Waals surface area contributed by atoms with Crippen molar-refractivity contribution < 1.29 is 0 Å². The second-order valence-corrected chi connectivity index (χ2v) is 7.32. The van der Waals surface area contributed by atoms with Crippen LogP contribution in [0.3, 0.4) is 0 Å². The van der Waals surface area contributed by atoms with Crippen LogP contribution in [0.4, 0.5) is 17.5 Å². The molecule has 0 aliphatic rings. The van der Waals surface area contributed by atoms with Gasteiger partial charge in [-0.1, -0.05) is 42.5 Å². The molecule has 0 saturated heterocycles. The molecule has 2 heterocycles. The standard InChI is InChI=1S/C25H25N5/c1-19-7-6-10-22(17-19)27-25-28-23(21-8-4-3-5-9-21)18-24(29-25)30(2)16-13-20-11-14-26-15-12-20/h3-12,14-15,17-18H,13,16H2,1-2H3,(H,27,28,29). The molecule has 0 bridgehead atoms. The molecule has 2 aromatic heterocycles. The second-order valence-electron chi connectivity index (χ2n) is 7.32. The molecule has 2 aromatic carbocycles. The Kier molecular flexibility index (Phi) is 5.99. The van der Waals surface area contributed by atoms with Crippen LogP contribution in [0.2, 0.25) is 0 Å². The van der Waals surface area contributed by atoms with Crippen LogP contribution in [0.5, 0.6) is 0 Å². The maximum Gasteiger partial charge on any atom is 0.229 e. The van der Waals surface area contributed by atoms with Gasteiger partial charge in [-0.2, -0.15) is 4.98 Å². The van der Waals surface area contributed by atoms with Crippen molar-refractivity contribution in [2.45, 2.75) is 13.3 Å². The van der Waals surface area contributed by atoms with Crippen molar-refractivity contribution in [3.8, 4) is 11.3 Å². The maximum atomic E-state index is 4.79. The zero-order valence-corrected chi connectivity index (χ0v) is 17.3. The van der Waals surface area contributed by atoms with E-state index in [9.17, 15) is 0 Å². The third-order valence-electron chi connectivity index (χ3n) is 4.93. The van der Waals surface area contributed by atoms with Gasteiger partial charge in [0, 0.05) is 43.3 Å². The monoisotopic (exact) mass is 395 g/mol. The van der Waals surface area contributed by atoms with Crippen LogP contribution in [-0.4, -0.2) is 28.5 Å². The van der Waals surface area contributed by atoms with Gasteiger partial charge in [0.25, 0.3) is 0 Å². The summed E-state index contributed by atoms with van der Waals surface area (Å²) in [7, 11) is 2.06. The van der Waals surface area contributed by atoms with Crippen molar-refractivity contribution in [3.05, 3.63) is 96.3 Å². The highest BCUT2D eigenvalue weighted by molar-refractivity contribution is 5.66.